The predicted molar refractivity (Wildman–Crippen MR) is 107 cm³/mol. The monoisotopic (exact) mass is 394 g/mol. The van der Waals surface area contributed by atoms with E-state index in [9.17, 15) is 19.7 Å². The van der Waals surface area contributed by atoms with Gasteiger partial charge in [0.2, 0.25) is 5.91 Å². The van der Waals surface area contributed by atoms with Crippen molar-refractivity contribution in [1.82, 2.24) is 4.98 Å². The number of carbonyl (C=O) groups is 2. The molecular formula is C19H14N4O4S. The molecule has 0 unspecified atom stereocenters. The van der Waals surface area contributed by atoms with Crippen LogP contribution in [0, 0.1) is 10.1 Å². The fourth-order valence-electron chi connectivity index (χ4n) is 2.26. The molecule has 3 aromatic rings. The number of nitro groups is 1. The van der Waals surface area contributed by atoms with E-state index in [-0.39, 0.29) is 11.6 Å². The Bertz CT molecular complexity index is 1030. The Kier molecular flexibility index (Phi) is 5.87. The van der Waals surface area contributed by atoms with Gasteiger partial charge in [-0.1, -0.05) is 6.07 Å². The van der Waals surface area contributed by atoms with E-state index in [1.165, 1.54) is 35.6 Å². The van der Waals surface area contributed by atoms with E-state index >= 15 is 0 Å². The third-order valence-electron chi connectivity index (χ3n) is 3.58. The summed E-state index contributed by atoms with van der Waals surface area (Å²) in [6.07, 6.45) is 4.44. The number of rotatable bonds is 6. The normalized spacial score (nSPS) is 10.6. The van der Waals surface area contributed by atoms with Crippen LogP contribution < -0.4 is 10.6 Å². The van der Waals surface area contributed by atoms with Crippen molar-refractivity contribution in [3.8, 4) is 0 Å². The van der Waals surface area contributed by atoms with Gasteiger partial charge >= 0.3 is 0 Å². The number of hydrogen-bond acceptors (Lipinski definition) is 6. The second-order valence-corrected chi connectivity index (χ2v) is 6.44. The van der Waals surface area contributed by atoms with Crippen LogP contribution in [0.15, 0.2) is 66.2 Å². The standard InChI is InChI=1S/C19H14N4O4S/c24-17(9-6-13-4-7-16(8-5-13)23(26)27)21-15-3-1-2-14(12-15)18(25)22-19-20-10-11-28-19/h1-12H,(H,21,24)(H,20,22,25). The van der Waals surface area contributed by atoms with Crippen LogP contribution in [0.3, 0.4) is 0 Å². The minimum Gasteiger partial charge on any atom is -0.322 e. The molecule has 8 nitrogen and oxygen atoms in total. The van der Waals surface area contributed by atoms with Gasteiger partial charge in [0.05, 0.1) is 4.92 Å². The van der Waals surface area contributed by atoms with Crippen molar-refractivity contribution in [1.29, 1.82) is 0 Å². The Morgan fingerprint density at radius 1 is 1.11 bits per heavy atom. The van der Waals surface area contributed by atoms with Gasteiger partial charge in [0.1, 0.15) is 0 Å². The van der Waals surface area contributed by atoms with Crippen molar-refractivity contribution in [2.45, 2.75) is 0 Å². The highest BCUT2D eigenvalue weighted by Gasteiger charge is 2.09. The highest BCUT2D eigenvalue weighted by atomic mass is 32.1. The minimum atomic E-state index is -0.488. The number of amides is 2. The lowest BCUT2D eigenvalue weighted by molar-refractivity contribution is -0.384. The molecule has 0 spiro atoms. The molecule has 0 bridgehead atoms. The van der Waals surface area contributed by atoms with Crippen LogP contribution in [0.25, 0.3) is 6.08 Å². The van der Waals surface area contributed by atoms with Crippen molar-refractivity contribution in [2.24, 2.45) is 0 Å². The molecule has 0 aliphatic rings. The number of nitro benzene ring substituents is 1. The lowest BCUT2D eigenvalue weighted by atomic mass is 10.2. The average Bonchev–Trinajstić information content (AvgIpc) is 3.20. The van der Waals surface area contributed by atoms with Crippen LogP contribution >= 0.6 is 11.3 Å². The van der Waals surface area contributed by atoms with Crippen LogP contribution in [0.4, 0.5) is 16.5 Å². The molecule has 2 amide bonds. The molecule has 0 aliphatic carbocycles. The molecule has 28 heavy (non-hydrogen) atoms. The van der Waals surface area contributed by atoms with Gasteiger partial charge in [0.25, 0.3) is 11.6 Å². The third kappa shape index (κ3) is 5.08. The number of non-ortho nitro benzene ring substituents is 1. The summed E-state index contributed by atoms with van der Waals surface area (Å²) in [6.45, 7) is 0. The van der Waals surface area contributed by atoms with Crippen molar-refractivity contribution in [3.63, 3.8) is 0 Å². The minimum absolute atomic E-state index is 0.0190. The van der Waals surface area contributed by atoms with E-state index < -0.39 is 10.8 Å². The quantitative estimate of drug-likeness (QED) is 0.373. The molecule has 140 valence electrons. The number of anilines is 2. The summed E-state index contributed by atoms with van der Waals surface area (Å²) in [6, 6.07) is 12.3. The zero-order chi connectivity index (χ0) is 19.9. The number of thiazole rings is 1. The Morgan fingerprint density at radius 2 is 1.89 bits per heavy atom. The molecule has 2 N–H and O–H groups in total. The highest BCUT2D eigenvalue weighted by molar-refractivity contribution is 7.13. The summed E-state index contributed by atoms with van der Waals surface area (Å²) < 4.78 is 0. The first kappa shape index (κ1) is 18.9. The number of benzene rings is 2. The second kappa shape index (κ2) is 8.69. The molecule has 9 heteroatoms. The van der Waals surface area contributed by atoms with E-state index in [4.69, 9.17) is 0 Å². The van der Waals surface area contributed by atoms with Gasteiger partial charge in [0, 0.05) is 41.0 Å². The zero-order valence-electron chi connectivity index (χ0n) is 14.4. The Labute approximate surface area is 163 Å². The fraction of sp³-hybridized carbons (Fsp3) is 0. The molecule has 2 aromatic carbocycles. The number of hydrogen-bond donors (Lipinski definition) is 2. The molecule has 0 radical (unpaired) electrons. The summed E-state index contributed by atoms with van der Waals surface area (Å²) in [7, 11) is 0. The highest BCUT2D eigenvalue weighted by Crippen LogP contribution is 2.16. The molecule has 1 aromatic heterocycles. The van der Waals surface area contributed by atoms with Crippen molar-refractivity contribution in [2.75, 3.05) is 10.6 Å². The van der Waals surface area contributed by atoms with E-state index in [0.29, 0.717) is 21.9 Å². The van der Waals surface area contributed by atoms with E-state index in [0.717, 1.165) is 0 Å². The maximum Gasteiger partial charge on any atom is 0.269 e. The van der Waals surface area contributed by atoms with Crippen LogP contribution in [-0.2, 0) is 4.79 Å². The third-order valence-corrected chi connectivity index (χ3v) is 4.26. The largest absolute Gasteiger partial charge is 0.322 e. The Morgan fingerprint density at radius 3 is 2.57 bits per heavy atom. The van der Waals surface area contributed by atoms with E-state index in [2.05, 4.69) is 15.6 Å². The van der Waals surface area contributed by atoms with Gasteiger partial charge in [-0.2, -0.15) is 0 Å². The van der Waals surface area contributed by atoms with Gasteiger partial charge in [-0.3, -0.25) is 25.0 Å². The maximum atomic E-state index is 12.2. The Balaban J connectivity index is 1.62. The van der Waals surface area contributed by atoms with Crippen molar-refractivity contribution in [3.05, 3.63) is 87.4 Å². The zero-order valence-corrected chi connectivity index (χ0v) is 15.2. The average molecular weight is 394 g/mol. The van der Waals surface area contributed by atoms with Crippen molar-refractivity contribution < 1.29 is 14.5 Å². The molecule has 3 rings (SSSR count). The van der Waals surface area contributed by atoms with Gasteiger partial charge in [-0.15, -0.1) is 11.3 Å². The lowest BCUT2D eigenvalue weighted by Crippen LogP contribution is -2.13. The summed E-state index contributed by atoms with van der Waals surface area (Å²) in [5, 5.41) is 18.2. The first-order valence-electron chi connectivity index (χ1n) is 8.06. The predicted octanol–water partition coefficient (Wildman–Crippen LogP) is 3.96. The summed E-state index contributed by atoms with van der Waals surface area (Å²) in [5.41, 5.74) is 1.48. The molecule has 0 fully saturated rings. The van der Waals surface area contributed by atoms with E-state index in [1.807, 2.05) is 0 Å². The van der Waals surface area contributed by atoms with Crippen LogP contribution in [0.5, 0.6) is 0 Å². The topological polar surface area (TPSA) is 114 Å². The molecule has 0 saturated carbocycles. The first-order chi connectivity index (χ1) is 13.5. The maximum absolute atomic E-state index is 12.2. The SMILES string of the molecule is O=C(C=Cc1ccc([N+](=O)[O-])cc1)Nc1cccc(C(=O)Nc2nccs2)c1. The summed E-state index contributed by atoms with van der Waals surface area (Å²) in [5.74, 6) is -0.719. The van der Waals surface area contributed by atoms with E-state index in [1.54, 1.807) is 48.0 Å². The van der Waals surface area contributed by atoms with Crippen LogP contribution in [0.2, 0.25) is 0 Å². The van der Waals surface area contributed by atoms with Gasteiger partial charge < -0.3 is 5.32 Å². The number of carbonyl (C=O) groups excluding carboxylic acids is 2. The summed E-state index contributed by atoms with van der Waals surface area (Å²) >= 11 is 1.31. The molecule has 0 aliphatic heterocycles. The Hall–Kier alpha value is -3.85. The fourth-order valence-corrected chi connectivity index (χ4v) is 2.78. The lowest BCUT2D eigenvalue weighted by Gasteiger charge is -2.06. The molecule has 1 heterocycles. The van der Waals surface area contributed by atoms with Gasteiger partial charge in [-0.25, -0.2) is 4.98 Å². The molecular weight excluding hydrogens is 380 g/mol. The molecule has 0 saturated heterocycles. The van der Waals surface area contributed by atoms with Crippen molar-refractivity contribution >= 4 is 45.7 Å². The molecule has 0 atom stereocenters. The van der Waals surface area contributed by atoms with Gasteiger partial charge in [-0.05, 0) is 42.0 Å². The summed E-state index contributed by atoms with van der Waals surface area (Å²) in [4.78, 5) is 38.4. The van der Waals surface area contributed by atoms with Crippen LogP contribution in [0.1, 0.15) is 15.9 Å². The number of aromatic nitrogens is 1. The van der Waals surface area contributed by atoms with Gasteiger partial charge in [0.15, 0.2) is 5.13 Å². The number of nitrogens with zero attached hydrogens (tertiary/aromatic N) is 2. The smallest absolute Gasteiger partial charge is 0.269 e. The number of nitrogens with one attached hydrogen (secondary N) is 2. The second-order valence-electron chi connectivity index (χ2n) is 5.54. The van der Waals surface area contributed by atoms with Crippen LogP contribution in [-0.4, -0.2) is 21.7 Å². The first-order valence-corrected chi connectivity index (χ1v) is 8.94.